The number of hydrogen-bond acceptors (Lipinski definition) is 7. The fraction of sp³-hybridized carbons (Fsp3) is 0.129. The molecule has 0 aliphatic carbocycles. The van der Waals surface area contributed by atoms with E-state index in [4.69, 9.17) is 19.2 Å². The summed E-state index contributed by atoms with van der Waals surface area (Å²) < 4.78 is 16.0. The van der Waals surface area contributed by atoms with E-state index in [2.05, 4.69) is 5.32 Å². The third-order valence-corrected chi connectivity index (χ3v) is 7.90. The van der Waals surface area contributed by atoms with Crippen LogP contribution in [0.25, 0.3) is 22.2 Å². The molecule has 2 aromatic heterocycles. The minimum absolute atomic E-state index is 0.204. The topological polar surface area (TPSA) is 86.8 Å². The van der Waals surface area contributed by atoms with E-state index in [0.717, 1.165) is 27.0 Å². The molecule has 0 radical (unpaired) electrons. The van der Waals surface area contributed by atoms with Gasteiger partial charge in [-0.3, -0.25) is 4.79 Å². The fourth-order valence-corrected chi connectivity index (χ4v) is 5.91. The minimum Gasteiger partial charge on any atom is -0.465 e. The predicted octanol–water partition coefficient (Wildman–Crippen LogP) is 6.63. The van der Waals surface area contributed by atoms with Gasteiger partial charge >= 0.3 is 5.97 Å². The van der Waals surface area contributed by atoms with Gasteiger partial charge in [-0.25, -0.2) is 9.78 Å². The van der Waals surface area contributed by atoms with E-state index in [9.17, 15) is 9.59 Å². The molecule has 1 aliphatic heterocycles. The molecule has 0 fully saturated rings. The first-order valence-electron chi connectivity index (χ1n) is 12.4. The van der Waals surface area contributed by atoms with E-state index in [1.807, 2.05) is 79.7 Å². The normalized spacial score (nSPS) is 11.9. The average molecular weight is 537 g/mol. The zero-order valence-electron chi connectivity index (χ0n) is 21.3. The molecule has 6 rings (SSSR count). The molecule has 5 aromatic rings. The van der Waals surface area contributed by atoms with Crippen LogP contribution in [-0.2, 0) is 11.2 Å². The number of pyridine rings is 1. The van der Waals surface area contributed by atoms with Crippen LogP contribution in [0.5, 0.6) is 11.5 Å². The average Bonchev–Trinajstić information content (AvgIpc) is 3.56. The van der Waals surface area contributed by atoms with Gasteiger partial charge in [0.15, 0.2) is 11.5 Å². The van der Waals surface area contributed by atoms with Crippen LogP contribution in [0, 0.1) is 6.92 Å². The van der Waals surface area contributed by atoms with Crippen molar-refractivity contribution in [3.63, 3.8) is 0 Å². The summed E-state index contributed by atoms with van der Waals surface area (Å²) in [5.41, 5.74) is 4.91. The van der Waals surface area contributed by atoms with Gasteiger partial charge in [-0.1, -0.05) is 54.6 Å². The van der Waals surface area contributed by atoms with Crippen molar-refractivity contribution in [2.24, 2.45) is 0 Å². The van der Waals surface area contributed by atoms with Gasteiger partial charge < -0.3 is 19.5 Å². The lowest BCUT2D eigenvalue weighted by Gasteiger charge is -2.11. The lowest BCUT2D eigenvalue weighted by atomic mass is 10.0. The standard InChI is InChI=1S/C31H24N2O5S/c1-18-27(15-19-12-13-25-26(14-19)38-17-37-25)39-30(28(18)31(35)36-2)33-29(34)22-16-24(20-8-4-3-5-9-20)32-23-11-7-6-10-21(22)23/h3-14,16H,15,17H2,1-2H3,(H,33,34). The number of fused-ring (bicyclic) bond motifs is 2. The molecular formula is C31H24N2O5S. The summed E-state index contributed by atoms with van der Waals surface area (Å²) >= 11 is 1.37. The smallest absolute Gasteiger partial charge is 0.341 e. The van der Waals surface area contributed by atoms with E-state index >= 15 is 0 Å². The fourth-order valence-electron chi connectivity index (χ4n) is 4.69. The summed E-state index contributed by atoms with van der Waals surface area (Å²) in [6, 6.07) is 24.8. The lowest BCUT2D eigenvalue weighted by Crippen LogP contribution is -2.15. The Hall–Kier alpha value is -4.69. The van der Waals surface area contributed by atoms with Gasteiger partial charge in [-0.05, 0) is 42.3 Å². The number of anilines is 1. The van der Waals surface area contributed by atoms with E-state index in [0.29, 0.717) is 45.3 Å². The third-order valence-electron chi connectivity index (χ3n) is 6.69. The number of esters is 1. The number of methoxy groups -OCH3 is 1. The Bertz CT molecular complexity index is 1730. The van der Waals surface area contributed by atoms with Crippen LogP contribution in [0.1, 0.15) is 36.7 Å². The Labute approximate surface area is 229 Å². The molecule has 0 spiro atoms. The molecule has 1 amide bonds. The van der Waals surface area contributed by atoms with Crippen LogP contribution >= 0.6 is 11.3 Å². The van der Waals surface area contributed by atoms with Gasteiger partial charge in [-0.15, -0.1) is 11.3 Å². The maximum absolute atomic E-state index is 13.8. The summed E-state index contributed by atoms with van der Waals surface area (Å²) in [5.74, 6) is 0.582. The Kier molecular flexibility index (Phi) is 6.46. The summed E-state index contributed by atoms with van der Waals surface area (Å²) in [5, 5.41) is 4.18. The van der Waals surface area contributed by atoms with E-state index in [-0.39, 0.29) is 12.7 Å². The summed E-state index contributed by atoms with van der Waals surface area (Å²) in [6.45, 7) is 2.07. The first-order valence-corrected chi connectivity index (χ1v) is 13.2. The largest absolute Gasteiger partial charge is 0.465 e. The first-order chi connectivity index (χ1) is 19.0. The number of hydrogen-bond donors (Lipinski definition) is 1. The van der Waals surface area contributed by atoms with Gasteiger partial charge in [0.05, 0.1) is 29.4 Å². The molecule has 1 aliphatic rings. The zero-order chi connectivity index (χ0) is 26.9. The van der Waals surface area contributed by atoms with Crippen molar-refractivity contribution in [3.05, 3.63) is 106 Å². The molecule has 0 unspecified atom stereocenters. The monoisotopic (exact) mass is 536 g/mol. The molecular weight excluding hydrogens is 512 g/mol. The Morgan fingerprint density at radius 2 is 1.74 bits per heavy atom. The lowest BCUT2D eigenvalue weighted by molar-refractivity contribution is 0.0601. The number of carbonyl (C=O) groups is 2. The second kappa shape index (κ2) is 10.2. The van der Waals surface area contributed by atoms with Gasteiger partial charge in [0.2, 0.25) is 6.79 Å². The molecule has 0 saturated carbocycles. The molecule has 0 bridgehead atoms. The predicted molar refractivity (Wildman–Crippen MR) is 151 cm³/mol. The van der Waals surface area contributed by atoms with Crippen LogP contribution in [0.2, 0.25) is 0 Å². The van der Waals surface area contributed by atoms with Gasteiger partial charge in [-0.2, -0.15) is 0 Å². The highest BCUT2D eigenvalue weighted by molar-refractivity contribution is 7.17. The molecule has 3 heterocycles. The van der Waals surface area contributed by atoms with Crippen molar-refractivity contribution >= 4 is 39.1 Å². The van der Waals surface area contributed by atoms with Crippen molar-refractivity contribution < 1.29 is 23.8 Å². The van der Waals surface area contributed by atoms with E-state index in [1.54, 1.807) is 6.07 Å². The van der Waals surface area contributed by atoms with E-state index in [1.165, 1.54) is 18.4 Å². The highest BCUT2D eigenvalue weighted by Crippen LogP contribution is 2.38. The number of carbonyl (C=O) groups excluding carboxylic acids is 2. The van der Waals surface area contributed by atoms with Crippen LogP contribution in [0.3, 0.4) is 0 Å². The molecule has 0 saturated heterocycles. The molecule has 3 aromatic carbocycles. The summed E-state index contributed by atoms with van der Waals surface area (Å²) in [7, 11) is 1.34. The number of nitrogens with zero attached hydrogens (tertiary/aromatic N) is 1. The maximum atomic E-state index is 13.8. The van der Waals surface area contributed by atoms with Gasteiger partial charge in [0, 0.05) is 22.2 Å². The Balaban J connectivity index is 1.38. The second-order valence-electron chi connectivity index (χ2n) is 9.10. The minimum atomic E-state index is -0.499. The number of nitrogens with one attached hydrogen (secondary N) is 1. The van der Waals surface area contributed by atoms with Crippen molar-refractivity contribution in [2.45, 2.75) is 13.3 Å². The number of benzene rings is 3. The van der Waals surface area contributed by atoms with Gasteiger partial charge in [0.25, 0.3) is 5.91 Å². The zero-order valence-corrected chi connectivity index (χ0v) is 22.1. The van der Waals surface area contributed by atoms with Gasteiger partial charge in [0.1, 0.15) is 5.00 Å². The molecule has 0 atom stereocenters. The maximum Gasteiger partial charge on any atom is 0.341 e. The number of aromatic nitrogens is 1. The molecule has 8 heteroatoms. The van der Waals surface area contributed by atoms with Crippen LogP contribution in [0.4, 0.5) is 5.00 Å². The van der Waals surface area contributed by atoms with Crippen molar-refractivity contribution in [3.8, 4) is 22.8 Å². The number of thiophene rings is 1. The molecule has 1 N–H and O–H groups in total. The first kappa shape index (κ1) is 24.6. The quantitative estimate of drug-likeness (QED) is 0.245. The number of rotatable bonds is 6. The van der Waals surface area contributed by atoms with Crippen molar-refractivity contribution in [2.75, 3.05) is 19.2 Å². The number of ether oxygens (including phenoxy) is 3. The van der Waals surface area contributed by atoms with E-state index < -0.39 is 5.97 Å². The van der Waals surface area contributed by atoms with Crippen LogP contribution in [-0.4, -0.2) is 30.8 Å². The third kappa shape index (κ3) is 4.70. The SMILES string of the molecule is COC(=O)c1c(NC(=O)c2cc(-c3ccccc3)nc3ccccc23)sc(Cc2ccc3c(c2)OCO3)c1C. The number of para-hydroxylation sites is 1. The Morgan fingerprint density at radius 1 is 0.974 bits per heavy atom. The second-order valence-corrected chi connectivity index (χ2v) is 10.2. The molecule has 194 valence electrons. The number of amides is 1. The molecule has 39 heavy (non-hydrogen) atoms. The highest BCUT2D eigenvalue weighted by atomic mass is 32.1. The Morgan fingerprint density at radius 3 is 2.56 bits per heavy atom. The van der Waals surface area contributed by atoms with Crippen LogP contribution < -0.4 is 14.8 Å². The summed E-state index contributed by atoms with van der Waals surface area (Å²) in [6.07, 6.45) is 0.559. The highest BCUT2D eigenvalue weighted by Gasteiger charge is 2.25. The van der Waals surface area contributed by atoms with Crippen molar-refractivity contribution in [1.82, 2.24) is 4.98 Å². The summed E-state index contributed by atoms with van der Waals surface area (Å²) in [4.78, 5) is 32.3. The van der Waals surface area contributed by atoms with Crippen LogP contribution in [0.15, 0.2) is 78.9 Å². The van der Waals surface area contributed by atoms with Crippen molar-refractivity contribution in [1.29, 1.82) is 0 Å². The molecule has 7 nitrogen and oxygen atoms in total.